The van der Waals surface area contributed by atoms with E-state index in [4.69, 9.17) is 0 Å². The van der Waals surface area contributed by atoms with E-state index in [1.54, 1.807) is 30.5 Å². The standard InChI is InChI=1S/C25H21BrN4O3/c1-16-11-20(9-10-22(16)26)28-25(33)29-27-13-19-15-30(23-8-3-2-7-21(19)23)14-17-5-4-6-18(12-17)24(31)32/h2-13,15H,14H2,1H3,(H,31,32)(H2,28,29,33)/b27-13+. The van der Waals surface area contributed by atoms with Crippen LogP contribution in [0.25, 0.3) is 10.9 Å². The molecule has 7 nitrogen and oxygen atoms in total. The van der Waals surface area contributed by atoms with Crippen molar-refractivity contribution in [3.63, 3.8) is 0 Å². The number of nitrogens with zero attached hydrogens (tertiary/aromatic N) is 2. The van der Waals surface area contributed by atoms with Crippen LogP contribution in [0.3, 0.4) is 0 Å². The summed E-state index contributed by atoms with van der Waals surface area (Å²) in [5, 5.41) is 17.1. The van der Waals surface area contributed by atoms with Gasteiger partial charge in [0.15, 0.2) is 0 Å². The molecule has 8 heteroatoms. The molecule has 0 saturated heterocycles. The smallest absolute Gasteiger partial charge is 0.339 e. The second-order valence-corrected chi connectivity index (χ2v) is 8.38. The van der Waals surface area contributed by atoms with Crippen LogP contribution in [0.5, 0.6) is 0 Å². The van der Waals surface area contributed by atoms with Crippen LogP contribution in [0.1, 0.15) is 27.0 Å². The number of carbonyl (C=O) groups is 2. The number of hydrogen-bond donors (Lipinski definition) is 3. The van der Waals surface area contributed by atoms with Gasteiger partial charge in [0.05, 0.1) is 11.8 Å². The minimum atomic E-state index is -0.954. The van der Waals surface area contributed by atoms with Gasteiger partial charge in [-0.2, -0.15) is 5.10 Å². The van der Waals surface area contributed by atoms with Crippen LogP contribution in [0.2, 0.25) is 0 Å². The summed E-state index contributed by atoms with van der Waals surface area (Å²) >= 11 is 3.44. The van der Waals surface area contributed by atoms with Gasteiger partial charge in [-0.15, -0.1) is 0 Å². The number of rotatable bonds is 6. The number of para-hydroxylation sites is 1. The summed E-state index contributed by atoms with van der Waals surface area (Å²) in [7, 11) is 0. The molecule has 3 N–H and O–H groups in total. The highest BCUT2D eigenvalue weighted by molar-refractivity contribution is 9.10. The maximum Gasteiger partial charge on any atom is 0.339 e. The van der Waals surface area contributed by atoms with Gasteiger partial charge in [-0.25, -0.2) is 15.0 Å². The number of carboxylic acid groups (broad SMARTS) is 1. The number of amides is 2. The molecular weight excluding hydrogens is 484 g/mol. The number of hydrazone groups is 1. The first kappa shape index (κ1) is 22.3. The number of halogens is 1. The Bertz CT molecular complexity index is 1380. The fourth-order valence-electron chi connectivity index (χ4n) is 3.55. The number of aryl methyl sites for hydroxylation is 1. The first-order valence-corrected chi connectivity index (χ1v) is 11.0. The van der Waals surface area contributed by atoms with Gasteiger partial charge < -0.3 is 15.0 Å². The molecule has 3 aromatic carbocycles. The van der Waals surface area contributed by atoms with E-state index in [0.29, 0.717) is 12.2 Å². The van der Waals surface area contributed by atoms with Gasteiger partial charge in [-0.05, 0) is 54.4 Å². The van der Waals surface area contributed by atoms with Crippen molar-refractivity contribution in [2.75, 3.05) is 5.32 Å². The van der Waals surface area contributed by atoms with E-state index in [0.717, 1.165) is 32.1 Å². The summed E-state index contributed by atoms with van der Waals surface area (Å²) < 4.78 is 3.00. The number of carboxylic acids is 1. The normalized spacial score (nSPS) is 11.1. The summed E-state index contributed by atoms with van der Waals surface area (Å²) in [5.74, 6) is -0.954. The summed E-state index contributed by atoms with van der Waals surface area (Å²) in [6, 6.07) is 19.8. The van der Waals surface area contributed by atoms with E-state index >= 15 is 0 Å². The lowest BCUT2D eigenvalue weighted by molar-refractivity contribution is 0.0696. The predicted molar refractivity (Wildman–Crippen MR) is 133 cm³/mol. The Morgan fingerprint density at radius 3 is 2.70 bits per heavy atom. The fraction of sp³-hybridized carbons (Fsp3) is 0.0800. The maximum absolute atomic E-state index is 12.2. The van der Waals surface area contributed by atoms with E-state index in [-0.39, 0.29) is 5.56 Å². The van der Waals surface area contributed by atoms with E-state index in [9.17, 15) is 14.7 Å². The minimum absolute atomic E-state index is 0.252. The Balaban J connectivity index is 1.50. The number of urea groups is 1. The van der Waals surface area contributed by atoms with Gasteiger partial charge in [0.2, 0.25) is 0 Å². The summed E-state index contributed by atoms with van der Waals surface area (Å²) in [4.78, 5) is 23.5. The molecule has 0 atom stereocenters. The third kappa shape index (κ3) is 5.30. The number of fused-ring (bicyclic) bond motifs is 1. The zero-order chi connectivity index (χ0) is 23.4. The Kier molecular flexibility index (Phi) is 6.55. The first-order chi connectivity index (χ1) is 15.9. The number of aromatic nitrogens is 1. The largest absolute Gasteiger partial charge is 0.478 e. The van der Waals surface area contributed by atoms with Gasteiger partial charge in [0.25, 0.3) is 0 Å². The fourth-order valence-corrected chi connectivity index (χ4v) is 3.80. The molecule has 0 fully saturated rings. The first-order valence-electron chi connectivity index (χ1n) is 10.2. The number of carbonyl (C=O) groups excluding carboxylic acids is 1. The SMILES string of the molecule is Cc1cc(NC(=O)N/N=C/c2cn(Cc3cccc(C(=O)O)c3)c3ccccc23)ccc1Br. The van der Waals surface area contributed by atoms with Crippen molar-refractivity contribution in [3.8, 4) is 0 Å². The second-order valence-electron chi connectivity index (χ2n) is 7.52. The van der Waals surface area contributed by atoms with Crippen molar-refractivity contribution in [2.45, 2.75) is 13.5 Å². The Hall–Kier alpha value is -3.91. The molecule has 4 rings (SSSR count). The van der Waals surface area contributed by atoms with Gasteiger partial charge in [0.1, 0.15) is 0 Å². The van der Waals surface area contributed by atoms with E-state index < -0.39 is 12.0 Å². The summed E-state index contributed by atoms with van der Waals surface area (Å²) in [6.45, 7) is 2.45. The van der Waals surface area contributed by atoms with Crippen LogP contribution >= 0.6 is 15.9 Å². The van der Waals surface area contributed by atoms with Gasteiger partial charge in [0, 0.05) is 39.4 Å². The molecule has 0 aliphatic rings. The number of benzene rings is 3. The topological polar surface area (TPSA) is 95.7 Å². The van der Waals surface area contributed by atoms with Crippen LogP contribution in [0, 0.1) is 6.92 Å². The third-order valence-corrected chi connectivity index (χ3v) is 6.02. The van der Waals surface area contributed by atoms with Crippen molar-refractivity contribution in [2.24, 2.45) is 5.10 Å². The van der Waals surface area contributed by atoms with Crippen molar-refractivity contribution in [1.82, 2.24) is 9.99 Å². The lowest BCUT2D eigenvalue weighted by Crippen LogP contribution is -2.24. The quantitative estimate of drug-likeness (QED) is 0.235. The van der Waals surface area contributed by atoms with Crippen LogP contribution in [0.4, 0.5) is 10.5 Å². The third-order valence-electron chi connectivity index (χ3n) is 5.13. The molecule has 0 spiro atoms. The Labute approximate surface area is 198 Å². The van der Waals surface area contributed by atoms with Crippen LogP contribution < -0.4 is 10.7 Å². The monoisotopic (exact) mass is 504 g/mol. The average molecular weight is 505 g/mol. The van der Waals surface area contributed by atoms with E-state index in [2.05, 4.69) is 31.8 Å². The molecule has 2 amide bonds. The maximum atomic E-state index is 12.2. The summed E-state index contributed by atoms with van der Waals surface area (Å²) in [6.07, 6.45) is 3.53. The van der Waals surface area contributed by atoms with Gasteiger partial charge in [-0.1, -0.05) is 46.3 Å². The highest BCUT2D eigenvalue weighted by Gasteiger charge is 2.09. The van der Waals surface area contributed by atoms with Crippen molar-refractivity contribution in [3.05, 3.63) is 99.7 Å². The molecule has 0 aliphatic heterocycles. The number of aromatic carboxylic acids is 1. The van der Waals surface area contributed by atoms with E-state index in [1.807, 2.05) is 60.2 Å². The molecule has 0 bridgehead atoms. The van der Waals surface area contributed by atoms with Gasteiger partial charge >= 0.3 is 12.0 Å². The lowest BCUT2D eigenvalue weighted by Gasteiger charge is -2.06. The van der Waals surface area contributed by atoms with Crippen molar-refractivity contribution < 1.29 is 14.7 Å². The van der Waals surface area contributed by atoms with E-state index in [1.165, 1.54) is 0 Å². The highest BCUT2D eigenvalue weighted by Crippen LogP contribution is 2.22. The zero-order valence-electron chi connectivity index (χ0n) is 17.7. The molecule has 0 aliphatic carbocycles. The second kappa shape index (κ2) is 9.70. The molecule has 0 unspecified atom stereocenters. The molecular formula is C25H21BrN4O3. The van der Waals surface area contributed by atoms with Gasteiger partial charge in [-0.3, -0.25) is 0 Å². The zero-order valence-corrected chi connectivity index (χ0v) is 19.3. The Morgan fingerprint density at radius 2 is 1.91 bits per heavy atom. The number of hydrogen-bond acceptors (Lipinski definition) is 3. The van der Waals surface area contributed by atoms with Crippen LogP contribution in [-0.2, 0) is 6.54 Å². The predicted octanol–water partition coefficient (Wildman–Crippen LogP) is 5.61. The molecule has 0 radical (unpaired) electrons. The number of anilines is 1. The molecule has 33 heavy (non-hydrogen) atoms. The average Bonchev–Trinajstić information content (AvgIpc) is 3.14. The molecule has 0 saturated carbocycles. The lowest BCUT2D eigenvalue weighted by atomic mass is 10.1. The minimum Gasteiger partial charge on any atom is -0.478 e. The summed E-state index contributed by atoms with van der Waals surface area (Å²) in [5.41, 5.74) is 7.11. The highest BCUT2D eigenvalue weighted by atomic mass is 79.9. The van der Waals surface area contributed by atoms with Crippen LogP contribution in [-0.4, -0.2) is 27.9 Å². The van der Waals surface area contributed by atoms with Crippen LogP contribution in [0.15, 0.2) is 82.5 Å². The Morgan fingerprint density at radius 1 is 1.09 bits per heavy atom. The molecule has 1 heterocycles. The van der Waals surface area contributed by atoms with Crippen molar-refractivity contribution in [1.29, 1.82) is 0 Å². The van der Waals surface area contributed by atoms with Crippen molar-refractivity contribution >= 4 is 50.7 Å². The number of nitrogens with one attached hydrogen (secondary N) is 2. The molecule has 4 aromatic rings. The molecule has 166 valence electrons. The molecule has 1 aromatic heterocycles.